The normalized spacial score (nSPS) is 10.1. The van der Waals surface area contributed by atoms with Crippen LogP contribution in [0.3, 0.4) is 0 Å². The Kier molecular flexibility index (Phi) is 3.94. The molecule has 0 fully saturated rings. The van der Waals surface area contributed by atoms with Crippen LogP contribution in [0.2, 0.25) is 0 Å². The van der Waals surface area contributed by atoms with Crippen LogP contribution in [-0.2, 0) is 0 Å². The Morgan fingerprint density at radius 3 is 2.70 bits per heavy atom. The Bertz CT molecular complexity index is 689. The molecule has 1 heterocycles. The standard InChI is InChI=1S/C12H7BrN2O5/c13-7-2-1-3-8(6-7)20-11-10(15(18)19)5-4-9(14-11)12(16)17/h1-6H,(H,16,17). The lowest BCUT2D eigenvalue weighted by Crippen LogP contribution is -2.03. The van der Waals surface area contributed by atoms with E-state index >= 15 is 0 Å². The molecular formula is C12H7BrN2O5. The van der Waals surface area contributed by atoms with Crippen molar-refractivity contribution >= 4 is 27.6 Å². The van der Waals surface area contributed by atoms with Crippen LogP contribution in [0.4, 0.5) is 5.69 Å². The Labute approximate surface area is 121 Å². The van der Waals surface area contributed by atoms with Crippen molar-refractivity contribution in [2.75, 3.05) is 0 Å². The number of aromatic nitrogens is 1. The van der Waals surface area contributed by atoms with Gasteiger partial charge in [-0.05, 0) is 24.3 Å². The first-order valence-electron chi connectivity index (χ1n) is 5.29. The maximum atomic E-state index is 10.9. The van der Waals surface area contributed by atoms with Crippen molar-refractivity contribution in [3.8, 4) is 11.6 Å². The quantitative estimate of drug-likeness (QED) is 0.678. The molecule has 0 amide bonds. The van der Waals surface area contributed by atoms with Crippen LogP contribution in [0.5, 0.6) is 11.6 Å². The van der Waals surface area contributed by atoms with Gasteiger partial charge < -0.3 is 9.84 Å². The molecule has 0 saturated carbocycles. The van der Waals surface area contributed by atoms with Gasteiger partial charge in [0, 0.05) is 10.5 Å². The molecule has 0 saturated heterocycles. The Hall–Kier alpha value is -2.48. The van der Waals surface area contributed by atoms with E-state index in [0.717, 1.165) is 12.1 Å². The first kappa shape index (κ1) is 13.9. The molecule has 2 aromatic rings. The summed E-state index contributed by atoms with van der Waals surface area (Å²) in [6.07, 6.45) is 0. The molecule has 0 unspecified atom stereocenters. The Morgan fingerprint density at radius 1 is 1.35 bits per heavy atom. The topological polar surface area (TPSA) is 103 Å². The molecule has 0 aliphatic carbocycles. The molecule has 7 nitrogen and oxygen atoms in total. The van der Waals surface area contributed by atoms with Crippen molar-refractivity contribution in [3.63, 3.8) is 0 Å². The predicted octanol–water partition coefficient (Wildman–Crippen LogP) is 3.24. The number of nitrogens with zero attached hydrogens (tertiary/aromatic N) is 2. The average molecular weight is 339 g/mol. The first-order chi connectivity index (χ1) is 9.47. The lowest BCUT2D eigenvalue weighted by Gasteiger charge is -2.06. The third-order valence-electron chi connectivity index (χ3n) is 2.27. The molecule has 1 N–H and O–H groups in total. The minimum Gasteiger partial charge on any atom is -0.477 e. The summed E-state index contributed by atoms with van der Waals surface area (Å²) in [5.41, 5.74) is -0.740. The van der Waals surface area contributed by atoms with Crippen molar-refractivity contribution in [3.05, 3.63) is 56.7 Å². The fourth-order valence-corrected chi connectivity index (χ4v) is 1.79. The maximum absolute atomic E-state index is 10.9. The number of carboxylic acids is 1. The van der Waals surface area contributed by atoms with E-state index in [-0.39, 0.29) is 11.6 Å². The van der Waals surface area contributed by atoms with E-state index in [9.17, 15) is 14.9 Å². The summed E-state index contributed by atoms with van der Waals surface area (Å²) in [7, 11) is 0. The van der Waals surface area contributed by atoms with Gasteiger partial charge in [-0.15, -0.1) is 0 Å². The lowest BCUT2D eigenvalue weighted by molar-refractivity contribution is -0.386. The molecule has 0 bridgehead atoms. The van der Waals surface area contributed by atoms with Crippen molar-refractivity contribution in [1.82, 2.24) is 4.98 Å². The zero-order chi connectivity index (χ0) is 14.7. The molecule has 2 rings (SSSR count). The number of pyridine rings is 1. The van der Waals surface area contributed by atoms with E-state index < -0.39 is 16.6 Å². The fourth-order valence-electron chi connectivity index (χ4n) is 1.41. The highest BCUT2D eigenvalue weighted by Crippen LogP contribution is 2.30. The van der Waals surface area contributed by atoms with E-state index in [2.05, 4.69) is 20.9 Å². The Morgan fingerprint density at radius 2 is 2.10 bits per heavy atom. The first-order valence-corrected chi connectivity index (χ1v) is 6.09. The van der Waals surface area contributed by atoms with Crippen molar-refractivity contribution in [2.24, 2.45) is 0 Å². The van der Waals surface area contributed by atoms with Gasteiger partial charge in [0.15, 0.2) is 5.69 Å². The molecule has 0 radical (unpaired) electrons. The minimum atomic E-state index is -1.29. The van der Waals surface area contributed by atoms with Gasteiger partial charge in [-0.1, -0.05) is 22.0 Å². The summed E-state index contributed by atoms with van der Waals surface area (Å²) in [5.74, 6) is -1.36. The van der Waals surface area contributed by atoms with Crippen molar-refractivity contribution in [1.29, 1.82) is 0 Å². The number of rotatable bonds is 4. The summed E-state index contributed by atoms with van der Waals surface area (Å²) in [4.78, 5) is 24.7. The van der Waals surface area contributed by atoms with Crippen molar-refractivity contribution < 1.29 is 19.6 Å². The van der Waals surface area contributed by atoms with E-state index in [0.29, 0.717) is 10.2 Å². The third-order valence-corrected chi connectivity index (χ3v) is 2.76. The summed E-state index contributed by atoms with van der Waals surface area (Å²) in [6, 6.07) is 8.68. The van der Waals surface area contributed by atoms with Crippen LogP contribution in [-0.4, -0.2) is 21.0 Å². The third kappa shape index (κ3) is 3.09. The van der Waals surface area contributed by atoms with Gasteiger partial charge in [-0.2, -0.15) is 4.98 Å². The molecule has 1 aromatic heterocycles. The van der Waals surface area contributed by atoms with Crippen LogP contribution < -0.4 is 4.74 Å². The van der Waals surface area contributed by atoms with Gasteiger partial charge in [0.1, 0.15) is 5.75 Å². The maximum Gasteiger partial charge on any atom is 0.354 e. The number of nitro groups is 1. The number of benzene rings is 1. The number of aromatic carboxylic acids is 1. The highest BCUT2D eigenvalue weighted by atomic mass is 79.9. The van der Waals surface area contributed by atoms with Crippen LogP contribution in [0.1, 0.15) is 10.5 Å². The van der Waals surface area contributed by atoms with E-state index in [1.54, 1.807) is 24.3 Å². The Balaban J connectivity index is 2.44. The molecule has 0 spiro atoms. The number of ether oxygens (including phenoxy) is 1. The predicted molar refractivity (Wildman–Crippen MR) is 72.1 cm³/mol. The molecule has 0 aliphatic heterocycles. The molecule has 0 aliphatic rings. The molecule has 20 heavy (non-hydrogen) atoms. The number of hydrogen-bond donors (Lipinski definition) is 1. The summed E-state index contributed by atoms with van der Waals surface area (Å²) in [5, 5.41) is 19.7. The molecule has 8 heteroatoms. The van der Waals surface area contributed by atoms with Crippen LogP contribution in [0, 0.1) is 10.1 Å². The zero-order valence-electron chi connectivity index (χ0n) is 9.82. The fraction of sp³-hybridized carbons (Fsp3) is 0. The smallest absolute Gasteiger partial charge is 0.354 e. The molecule has 1 aromatic carbocycles. The van der Waals surface area contributed by atoms with Crippen LogP contribution in [0.15, 0.2) is 40.9 Å². The molecular weight excluding hydrogens is 332 g/mol. The van der Waals surface area contributed by atoms with E-state index in [1.807, 2.05) is 0 Å². The van der Waals surface area contributed by atoms with Gasteiger partial charge in [-0.3, -0.25) is 10.1 Å². The lowest BCUT2D eigenvalue weighted by atomic mass is 10.3. The van der Waals surface area contributed by atoms with Gasteiger partial charge in [0.2, 0.25) is 0 Å². The molecule has 102 valence electrons. The van der Waals surface area contributed by atoms with E-state index in [1.165, 1.54) is 0 Å². The zero-order valence-corrected chi connectivity index (χ0v) is 11.4. The summed E-state index contributed by atoms with van der Waals surface area (Å²) in [6.45, 7) is 0. The van der Waals surface area contributed by atoms with Gasteiger partial charge in [0.25, 0.3) is 5.88 Å². The van der Waals surface area contributed by atoms with Crippen LogP contribution >= 0.6 is 15.9 Å². The molecule has 0 atom stereocenters. The SMILES string of the molecule is O=C(O)c1ccc([N+](=O)[O-])c(Oc2cccc(Br)c2)n1. The van der Waals surface area contributed by atoms with E-state index in [4.69, 9.17) is 9.84 Å². The minimum absolute atomic E-state index is 0.303. The number of carboxylic acid groups (broad SMARTS) is 1. The van der Waals surface area contributed by atoms with Gasteiger partial charge >= 0.3 is 11.7 Å². The van der Waals surface area contributed by atoms with Crippen LogP contribution in [0.25, 0.3) is 0 Å². The second kappa shape index (κ2) is 5.66. The van der Waals surface area contributed by atoms with Crippen molar-refractivity contribution in [2.45, 2.75) is 0 Å². The largest absolute Gasteiger partial charge is 0.477 e. The number of hydrogen-bond acceptors (Lipinski definition) is 5. The summed E-state index contributed by atoms with van der Waals surface area (Å²) >= 11 is 3.23. The van der Waals surface area contributed by atoms with Gasteiger partial charge in [0.05, 0.1) is 4.92 Å². The second-order valence-corrected chi connectivity index (χ2v) is 4.56. The van der Waals surface area contributed by atoms with Gasteiger partial charge in [-0.25, -0.2) is 4.79 Å². The number of carbonyl (C=O) groups is 1. The second-order valence-electron chi connectivity index (χ2n) is 3.64. The monoisotopic (exact) mass is 338 g/mol. The average Bonchev–Trinajstić information content (AvgIpc) is 2.38. The number of halogens is 1. The summed E-state index contributed by atoms with van der Waals surface area (Å²) < 4.78 is 6.01. The highest BCUT2D eigenvalue weighted by Gasteiger charge is 2.20. The highest BCUT2D eigenvalue weighted by molar-refractivity contribution is 9.10.